The van der Waals surface area contributed by atoms with Crippen LogP contribution < -0.4 is 5.32 Å². The molecular formula is C13H16N2O2S. The molecule has 1 saturated heterocycles. The molecule has 1 aliphatic carbocycles. The molecule has 1 aliphatic heterocycles. The summed E-state index contributed by atoms with van der Waals surface area (Å²) in [6.45, 7) is 0. The third-order valence-corrected chi connectivity index (χ3v) is 4.68. The molecule has 1 aromatic heterocycles. The van der Waals surface area contributed by atoms with Crippen molar-refractivity contribution < 1.29 is 9.59 Å². The van der Waals surface area contributed by atoms with E-state index in [0.29, 0.717) is 0 Å². The van der Waals surface area contributed by atoms with Gasteiger partial charge in [-0.2, -0.15) is 0 Å². The molecule has 3 amide bonds. The van der Waals surface area contributed by atoms with Crippen molar-refractivity contribution in [2.24, 2.45) is 0 Å². The predicted molar refractivity (Wildman–Crippen MR) is 69.3 cm³/mol. The van der Waals surface area contributed by atoms with Gasteiger partial charge in [-0.1, -0.05) is 25.3 Å². The molecule has 5 heteroatoms. The van der Waals surface area contributed by atoms with Gasteiger partial charge in [-0.3, -0.25) is 9.69 Å². The van der Waals surface area contributed by atoms with Crippen LogP contribution in [0.25, 0.3) is 0 Å². The van der Waals surface area contributed by atoms with Crippen molar-refractivity contribution in [1.29, 1.82) is 0 Å². The molecule has 0 spiro atoms. The molecule has 1 aromatic rings. The molecule has 2 aliphatic rings. The minimum atomic E-state index is -0.459. The second-order valence-corrected chi connectivity index (χ2v) is 5.88. The SMILES string of the molecule is O=C1NC(c2cccs2)C(=O)N1C1CCCCC1. The number of thiophene rings is 1. The van der Waals surface area contributed by atoms with Gasteiger partial charge < -0.3 is 5.32 Å². The first-order valence-corrected chi connectivity index (χ1v) is 7.32. The Hall–Kier alpha value is -1.36. The van der Waals surface area contributed by atoms with Crippen LogP contribution in [0.3, 0.4) is 0 Å². The molecule has 96 valence electrons. The number of rotatable bonds is 2. The molecule has 1 N–H and O–H groups in total. The number of hydrogen-bond acceptors (Lipinski definition) is 3. The van der Waals surface area contributed by atoms with Gasteiger partial charge >= 0.3 is 6.03 Å². The van der Waals surface area contributed by atoms with E-state index in [4.69, 9.17) is 0 Å². The largest absolute Gasteiger partial charge is 0.325 e. The molecule has 0 radical (unpaired) electrons. The van der Waals surface area contributed by atoms with E-state index in [-0.39, 0.29) is 18.0 Å². The van der Waals surface area contributed by atoms with E-state index in [1.165, 1.54) is 22.7 Å². The van der Waals surface area contributed by atoms with Gasteiger partial charge in [0.2, 0.25) is 0 Å². The van der Waals surface area contributed by atoms with E-state index >= 15 is 0 Å². The molecule has 2 heterocycles. The van der Waals surface area contributed by atoms with E-state index in [0.717, 1.165) is 30.6 Å². The second kappa shape index (κ2) is 4.72. The summed E-state index contributed by atoms with van der Waals surface area (Å²) in [6.07, 6.45) is 5.36. The highest BCUT2D eigenvalue weighted by Crippen LogP contribution is 2.31. The van der Waals surface area contributed by atoms with Crippen molar-refractivity contribution in [3.8, 4) is 0 Å². The monoisotopic (exact) mass is 264 g/mol. The fourth-order valence-corrected chi connectivity index (χ4v) is 3.59. The Bertz CT molecular complexity index is 452. The molecule has 1 atom stereocenters. The Morgan fingerprint density at radius 2 is 2.00 bits per heavy atom. The van der Waals surface area contributed by atoms with Gasteiger partial charge in [0.05, 0.1) is 0 Å². The lowest BCUT2D eigenvalue weighted by molar-refractivity contribution is -0.129. The van der Waals surface area contributed by atoms with Crippen LogP contribution in [0.5, 0.6) is 0 Å². The van der Waals surface area contributed by atoms with Gasteiger partial charge in [-0.25, -0.2) is 4.79 Å². The number of amides is 3. The van der Waals surface area contributed by atoms with E-state index in [9.17, 15) is 9.59 Å². The summed E-state index contributed by atoms with van der Waals surface area (Å²) < 4.78 is 0. The van der Waals surface area contributed by atoms with Crippen LogP contribution in [-0.2, 0) is 4.79 Å². The highest BCUT2D eigenvalue weighted by Gasteiger charge is 2.43. The van der Waals surface area contributed by atoms with Crippen LogP contribution in [-0.4, -0.2) is 22.9 Å². The third-order valence-electron chi connectivity index (χ3n) is 3.74. The standard InChI is InChI=1S/C13H16N2O2S/c16-12-11(10-7-4-8-18-10)14-13(17)15(12)9-5-2-1-3-6-9/h4,7-9,11H,1-3,5-6H2,(H,14,17). The van der Waals surface area contributed by atoms with Gasteiger partial charge in [0, 0.05) is 10.9 Å². The maximum absolute atomic E-state index is 12.4. The average Bonchev–Trinajstić information content (AvgIpc) is 2.99. The highest BCUT2D eigenvalue weighted by atomic mass is 32.1. The summed E-state index contributed by atoms with van der Waals surface area (Å²) in [5, 5.41) is 4.73. The van der Waals surface area contributed by atoms with Crippen LogP contribution in [0.4, 0.5) is 4.79 Å². The Kier molecular flexibility index (Phi) is 3.07. The maximum atomic E-state index is 12.4. The van der Waals surface area contributed by atoms with Crippen LogP contribution >= 0.6 is 11.3 Å². The predicted octanol–water partition coefficient (Wildman–Crippen LogP) is 2.67. The zero-order valence-corrected chi connectivity index (χ0v) is 10.9. The fourth-order valence-electron chi connectivity index (χ4n) is 2.83. The van der Waals surface area contributed by atoms with Crippen molar-refractivity contribution in [3.05, 3.63) is 22.4 Å². The minimum absolute atomic E-state index is 0.0747. The zero-order valence-electron chi connectivity index (χ0n) is 10.1. The molecule has 1 unspecified atom stereocenters. The molecule has 0 bridgehead atoms. The molecule has 18 heavy (non-hydrogen) atoms. The number of imide groups is 1. The second-order valence-electron chi connectivity index (χ2n) is 4.90. The minimum Gasteiger partial charge on any atom is -0.321 e. The number of nitrogens with zero attached hydrogens (tertiary/aromatic N) is 1. The Labute approximate surface area is 110 Å². The van der Waals surface area contributed by atoms with Gasteiger partial charge in [0.25, 0.3) is 5.91 Å². The quantitative estimate of drug-likeness (QED) is 0.835. The lowest BCUT2D eigenvalue weighted by Crippen LogP contribution is -2.41. The zero-order chi connectivity index (χ0) is 12.5. The van der Waals surface area contributed by atoms with E-state index < -0.39 is 6.04 Å². The molecular weight excluding hydrogens is 248 g/mol. The first-order valence-electron chi connectivity index (χ1n) is 6.44. The number of carbonyl (C=O) groups excluding carboxylic acids is 2. The molecule has 4 nitrogen and oxygen atoms in total. The van der Waals surface area contributed by atoms with E-state index in [2.05, 4.69) is 5.32 Å². The van der Waals surface area contributed by atoms with E-state index in [1.807, 2.05) is 17.5 Å². The number of urea groups is 1. The Morgan fingerprint density at radius 1 is 1.22 bits per heavy atom. The lowest BCUT2D eigenvalue weighted by atomic mass is 9.94. The highest BCUT2D eigenvalue weighted by molar-refractivity contribution is 7.10. The summed E-state index contributed by atoms with van der Waals surface area (Å²) in [6, 6.07) is 3.24. The number of carbonyl (C=O) groups is 2. The van der Waals surface area contributed by atoms with Gasteiger partial charge in [0.1, 0.15) is 6.04 Å². The molecule has 3 rings (SSSR count). The molecule has 2 fully saturated rings. The first kappa shape index (κ1) is 11.7. The van der Waals surface area contributed by atoms with Crippen LogP contribution in [0.1, 0.15) is 43.0 Å². The number of hydrogen-bond donors (Lipinski definition) is 1. The summed E-state index contributed by atoms with van der Waals surface area (Å²) in [7, 11) is 0. The van der Waals surface area contributed by atoms with Crippen LogP contribution in [0.15, 0.2) is 17.5 Å². The lowest BCUT2D eigenvalue weighted by Gasteiger charge is -2.28. The average molecular weight is 264 g/mol. The summed E-state index contributed by atoms with van der Waals surface area (Å²) in [5.74, 6) is -0.0747. The Morgan fingerprint density at radius 3 is 2.67 bits per heavy atom. The fraction of sp³-hybridized carbons (Fsp3) is 0.538. The van der Waals surface area contributed by atoms with Gasteiger partial charge in [0.15, 0.2) is 0 Å². The summed E-state index contributed by atoms with van der Waals surface area (Å²) in [5.41, 5.74) is 0. The van der Waals surface area contributed by atoms with Crippen molar-refractivity contribution in [3.63, 3.8) is 0 Å². The smallest absolute Gasteiger partial charge is 0.321 e. The molecule has 1 saturated carbocycles. The first-order chi connectivity index (χ1) is 8.77. The normalized spacial score (nSPS) is 25.6. The van der Waals surface area contributed by atoms with Gasteiger partial charge in [-0.15, -0.1) is 11.3 Å². The van der Waals surface area contributed by atoms with Gasteiger partial charge in [-0.05, 0) is 24.3 Å². The van der Waals surface area contributed by atoms with Crippen molar-refractivity contribution in [2.75, 3.05) is 0 Å². The van der Waals surface area contributed by atoms with Crippen molar-refractivity contribution in [2.45, 2.75) is 44.2 Å². The van der Waals surface area contributed by atoms with Crippen molar-refractivity contribution in [1.82, 2.24) is 10.2 Å². The van der Waals surface area contributed by atoms with E-state index in [1.54, 1.807) is 0 Å². The van der Waals surface area contributed by atoms with Crippen molar-refractivity contribution >= 4 is 23.3 Å². The van der Waals surface area contributed by atoms with Crippen LogP contribution in [0.2, 0.25) is 0 Å². The summed E-state index contributed by atoms with van der Waals surface area (Å²) in [4.78, 5) is 26.7. The third kappa shape index (κ3) is 1.92. The van der Waals surface area contributed by atoms with Crippen LogP contribution in [0, 0.1) is 0 Å². The molecule has 0 aromatic carbocycles. The number of nitrogens with one attached hydrogen (secondary N) is 1. The maximum Gasteiger partial charge on any atom is 0.325 e. The topological polar surface area (TPSA) is 49.4 Å². The Balaban J connectivity index is 1.80. The summed E-state index contributed by atoms with van der Waals surface area (Å²) >= 11 is 1.51.